The minimum atomic E-state index is 0.669. The van der Waals surface area contributed by atoms with Crippen LogP contribution in [0.5, 0.6) is 23.0 Å². The Morgan fingerprint density at radius 2 is 0.761 bits per heavy atom. The van der Waals surface area contributed by atoms with E-state index in [9.17, 15) is 0 Å². The van der Waals surface area contributed by atoms with Gasteiger partial charge in [0.05, 0.1) is 47.3 Å². The minimum absolute atomic E-state index is 0.669. The number of hydrogen-bond acceptors (Lipinski definition) is 6. The van der Waals surface area contributed by atoms with E-state index in [1.165, 1.54) is 16.2 Å². The lowest BCUT2D eigenvalue weighted by molar-refractivity contribution is 0.293. The summed E-state index contributed by atoms with van der Waals surface area (Å²) in [5.41, 5.74) is 4.38. The Labute approximate surface area is 282 Å². The van der Waals surface area contributed by atoms with E-state index < -0.39 is 0 Å². The Morgan fingerprint density at radius 3 is 1.22 bits per heavy atom. The molecule has 0 fully saturated rings. The van der Waals surface area contributed by atoms with Crippen molar-refractivity contribution in [2.24, 2.45) is 0 Å². The van der Waals surface area contributed by atoms with Gasteiger partial charge in [-0.2, -0.15) is 0 Å². The molecule has 6 heteroatoms. The number of allylic oxidation sites excluding steroid dienone is 4. The molecule has 2 aliphatic rings. The topological polar surface area (TPSA) is 36.9 Å². The highest BCUT2D eigenvalue weighted by Gasteiger charge is 2.24. The van der Waals surface area contributed by atoms with Crippen molar-refractivity contribution in [3.8, 4) is 55.0 Å². The van der Waals surface area contributed by atoms with Crippen molar-refractivity contribution in [2.75, 3.05) is 26.4 Å². The molecule has 46 heavy (non-hydrogen) atoms. The van der Waals surface area contributed by atoms with Gasteiger partial charge in [-0.1, -0.05) is 36.4 Å². The van der Waals surface area contributed by atoms with Gasteiger partial charge >= 0.3 is 0 Å². The molecule has 0 N–H and O–H groups in total. The Kier molecular flexibility index (Phi) is 12.3. The highest BCUT2D eigenvalue weighted by molar-refractivity contribution is 7.21. The average molecular weight is 655 g/mol. The van der Waals surface area contributed by atoms with Crippen LogP contribution in [0.25, 0.3) is 32.0 Å². The van der Waals surface area contributed by atoms with E-state index >= 15 is 0 Å². The average Bonchev–Trinajstić information content (AvgIpc) is 3.75. The molecule has 0 saturated carbocycles. The minimum Gasteiger partial charge on any atom is -0.493 e. The van der Waals surface area contributed by atoms with Crippen LogP contribution in [-0.4, -0.2) is 26.4 Å². The molecular formula is C40H46O4S2. The second-order valence-corrected chi connectivity index (χ2v) is 13.7. The summed E-state index contributed by atoms with van der Waals surface area (Å²) in [4.78, 5) is 2.43. The summed E-state index contributed by atoms with van der Waals surface area (Å²) in [5, 5.41) is 4.38. The summed E-state index contributed by atoms with van der Waals surface area (Å²) in [5.74, 6) is 3.55. The van der Waals surface area contributed by atoms with Gasteiger partial charge in [0.1, 0.15) is 23.0 Å². The van der Waals surface area contributed by atoms with Crippen LogP contribution in [0, 0.1) is 0 Å². The largest absolute Gasteiger partial charge is 0.493 e. The fourth-order valence-electron chi connectivity index (χ4n) is 6.07. The van der Waals surface area contributed by atoms with Crippen molar-refractivity contribution < 1.29 is 18.9 Å². The molecule has 4 aromatic rings. The second-order valence-electron chi connectivity index (χ2n) is 11.9. The number of thiophene rings is 2. The molecule has 4 nitrogen and oxygen atoms in total. The van der Waals surface area contributed by atoms with Crippen molar-refractivity contribution in [1.29, 1.82) is 0 Å². The van der Waals surface area contributed by atoms with Gasteiger partial charge in [-0.3, -0.25) is 0 Å². The Bertz CT molecular complexity index is 1580. The van der Waals surface area contributed by atoms with Crippen LogP contribution in [0.4, 0.5) is 0 Å². The smallest absolute Gasteiger partial charge is 0.130 e. The number of benzene rings is 2. The highest BCUT2D eigenvalue weighted by Crippen LogP contribution is 2.52. The van der Waals surface area contributed by atoms with Crippen LogP contribution in [0.15, 0.2) is 83.6 Å². The first-order chi connectivity index (χ1) is 22.9. The first-order valence-corrected chi connectivity index (χ1v) is 18.9. The molecule has 0 spiro atoms. The van der Waals surface area contributed by atoms with Crippen LogP contribution in [0.2, 0.25) is 0 Å². The summed E-state index contributed by atoms with van der Waals surface area (Å²) in [6, 6.07) is 17.0. The lowest BCUT2D eigenvalue weighted by Gasteiger charge is -2.19. The quantitative estimate of drug-likeness (QED) is 0.177. The molecule has 0 saturated heterocycles. The van der Waals surface area contributed by atoms with Crippen LogP contribution < -0.4 is 18.9 Å². The fraction of sp³-hybridized carbons (Fsp3) is 0.400. The van der Waals surface area contributed by atoms with Gasteiger partial charge in [-0.15, -0.1) is 22.7 Å². The maximum Gasteiger partial charge on any atom is 0.130 e. The van der Waals surface area contributed by atoms with E-state index in [4.69, 9.17) is 18.9 Å². The zero-order valence-electron chi connectivity index (χ0n) is 26.8. The molecule has 0 atom stereocenters. The van der Waals surface area contributed by atoms with Gasteiger partial charge in [0.25, 0.3) is 0 Å². The van der Waals surface area contributed by atoms with Crippen molar-refractivity contribution in [3.05, 3.63) is 83.6 Å². The van der Waals surface area contributed by atoms with Gasteiger partial charge in [-0.25, -0.2) is 0 Å². The summed E-state index contributed by atoms with van der Waals surface area (Å²) >= 11 is 3.54. The number of rotatable bonds is 0. The van der Waals surface area contributed by atoms with E-state index in [-0.39, 0.29) is 0 Å². The molecule has 0 unspecified atom stereocenters. The normalized spacial score (nSPS) is 18.5. The van der Waals surface area contributed by atoms with Gasteiger partial charge in [-0.05, 0) is 124 Å². The Balaban J connectivity index is 1.47. The molecule has 242 valence electrons. The second kappa shape index (κ2) is 17.4. The van der Waals surface area contributed by atoms with Crippen LogP contribution in [0.1, 0.15) is 77.0 Å². The predicted octanol–water partition coefficient (Wildman–Crippen LogP) is 12.1. The molecule has 2 aromatic heterocycles. The monoisotopic (exact) mass is 654 g/mol. The maximum absolute atomic E-state index is 6.55. The van der Waals surface area contributed by atoms with E-state index in [1.54, 1.807) is 22.7 Å². The Morgan fingerprint density at radius 1 is 0.391 bits per heavy atom. The summed E-state index contributed by atoms with van der Waals surface area (Å²) in [7, 11) is 0. The third-order valence-corrected chi connectivity index (χ3v) is 10.5. The fourth-order valence-corrected chi connectivity index (χ4v) is 8.07. The molecule has 2 aromatic carbocycles. The molecular weight excluding hydrogens is 609 g/mol. The van der Waals surface area contributed by atoms with E-state index in [2.05, 4.69) is 83.6 Å². The molecule has 0 aliphatic carbocycles. The zero-order valence-corrected chi connectivity index (χ0v) is 28.5. The summed E-state index contributed by atoms with van der Waals surface area (Å²) in [6.07, 6.45) is 22.2. The zero-order chi connectivity index (χ0) is 31.2. The molecule has 4 heterocycles. The lowest BCUT2D eigenvalue weighted by Crippen LogP contribution is -2.03. The van der Waals surface area contributed by atoms with Crippen LogP contribution in [-0.2, 0) is 0 Å². The first-order valence-electron chi connectivity index (χ1n) is 17.1. The standard InChI is InChI=1S/C40H46O4S2/c1-2-6-10-14-26-42-34-20-18-22-36-38(34)32-24-30-46-40(32)39-31(23-29-45-39)37-33(41-25-13-9-5-1)19-17-21-35(37)43-27-15-11-7-3-4-8-12-16-28-44-36/h1-3,7,17-24,29-30H,4-6,8-16,25-28H2/b2-1+,7-3+. The first kappa shape index (κ1) is 32.5. The lowest BCUT2D eigenvalue weighted by atomic mass is 9.99. The van der Waals surface area contributed by atoms with Gasteiger partial charge in [0.2, 0.25) is 0 Å². The number of ether oxygens (including phenoxy) is 4. The third kappa shape index (κ3) is 8.45. The SMILES string of the molecule is C1=C/CCCOc2cccc3c2-c2ccsc2-c2sccc2-c2c(cccc2OCCCCC/1)OCCCC/C=C/CCCCO3. The van der Waals surface area contributed by atoms with Crippen molar-refractivity contribution in [2.45, 2.75) is 77.0 Å². The molecule has 6 rings (SSSR count). The van der Waals surface area contributed by atoms with E-state index in [0.717, 1.165) is 116 Å². The van der Waals surface area contributed by atoms with Crippen LogP contribution in [0.3, 0.4) is 0 Å². The van der Waals surface area contributed by atoms with Gasteiger partial charge < -0.3 is 18.9 Å². The predicted molar refractivity (Wildman–Crippen MR) is 194 cm³/mol. The summed E-state index contributed by atoms with van der Waals surface area (Å²) in [6.45, 7) is 2.74. The van der Waals surface area contributed by atoms with Gasteiger partial charge in [0, 0.05) is 11.1 Å². The number of hydrogen-bond donors (Lipinski definition) is 0. The molecule has 0 amide bonds. The molecule has 2 bridgehead atoms. The van der Waals surface area contributed by atoms with E-state index in [0.29, 0.717) is 26.4 Å². The van der Waals surface area contributed by atoms with Gasteiger partial charge in [0.15, 0.2) is 0 Å². The van der Waals surface area contributed by atoms with Crippen LogP contribution >= 0.6 is 22.7 Å². The molecule has 2 aliphatic heterocycles. The highest BCUT2D eigenvalue weighted by atomic mass is 32.1. The van der Waals surface area contributed by atoms with Crippen molar-refractivity contribution in [1.82, 2.24) is 0 Å². The van der Waals surface area contributed by atoms with E-state index in [1.807, 2.05) is 0 Å². The van der Waals surface area contributed by atoms with Crippen molar-refractivity contribution in [3.63, 3.8) is 0 Å². The van der Waals surface area contributed by atoms with Crippen molar-refractivity contribution >= 4 is 22.7 Å². The molecule has 0 radical (unpaired) electrons. The summed E-state index contributed by atoms with van der Waals surface area (Å²) < 4.78 is 26.2. The maximum atomic E-state index is 6.55. The third-order valence-electron chi connectivity index (χ3n) is 8.48. The Hall–Kier alpha value is -3.48.